The van der Waals surface area contributed by atoms with E-state index in [1.807, 2.05) is 30.0 Å². The molecule has 2 heterocycles. The highest BCUT2D eigenvalue weighted by molar-refractivity contribution is 7.80. The molecule has 0 atom stereocenters. The van der Waals surface area contributed by atoms with Crippen LogP contribution in [-0.2, 0) is 4.74 Å². The monoisotopic (exact) mass is 551 g/mol. The molecule has 194 valence electrons. The molecule has 1 aliphatic rings. The molecule has 4 aromatic rings. The van der Waals surface area contributed by atoms with Crippen LogP contribution in [0.25, 0.3) is 22.6 Å². The van der Waals surface area contributed by atoms with Crippen LogP contribution in [0.15, 0.2) is 59.0 Å². The summed E-state index contributed by atoms with van der Waals surface area (Å²) in [4.78, 5) is 30.5. The van der Waals surface area contributed by atoms with Crippen molar-refractivity contribution in [3.8, 4) is 11.5 Å². The van der Waals surface area contributed by atoms with E-state index >= 15 is 0 Å². The maximum absolute atomic E-state index is 13.2. The quantitative estimate of drug-likeness (QED) is 0.192. The molecule has 0 radical (unpaired) electrons. The average Bonchev–Trinajstić information content (AvgIpc) is 3.33. The number of non-ortho nitro benzene ring substituents is 1. The van der Waals surface area contributed by atoms with E-state index in [1.165, 1.54) is 12.1 Å². The van der Waals surface area contributed by atoms with Gasteiger partial charge in [0, 0.05) is 41.5 Å². The topological polar surface area (TPSA) is 123 Å². The van der Waals surface area contributed by atoms with Crippen LogP contribution in [0.2, 0.25) is 5.02 Å². The third-order valence-corrected chi connectivity index (χ3v) is 6.54. The lowest BCUT2D eigenvalue weighted by Gasteiger charge is -2.30. The fraction of sp³-hybridized carbons (Fsp3) is 0.192. The highest BCUT2D eigenvalue weighted by Crippen LogP contribution is 2.30. The number of fused-ring (bicyclic) bond motifs is 1. The zero-order valence-electron chi connectivity index (χ0n) is 20.2. The number of benzene rings is 3. The summed E-state index contributed by atoms with van der Waals surface area (Å²) < 4.78 is 11.3. The summed E-state index contributed by atoms with van der Waals surface area (Å²) in [5.41, 5.74) is 4.00. The first-order chi connectivity index (χ1) is 18.3. The van der Waals surface area contributed by atoms with Gasteiger partial charge in [0.2, 0.25) is 5.89 Å². The van der Waals surface area contributed by atoms with Crippen molar-refractivity contribution in [1.82, 2.24) is 10.3 Å². The predicted octanol–water partition coefficient (Wildman–Crippen LogP) is 5.33. The van der Waals surface area contributed by atoms with Gasteiger partial charge in [-0.3, -0.25) is 20.2 Å². The molecule has 0 saturated carbocycles. The standard InChI is InChI=1S/C26H22ClN5O5S/c1-15-2-3-16(25-28-21-13-17(27)4-7-23(21)37-25)12-20(15)29-26(38)30-24(33)19-14-18(32(34)35)5-6-22(19)31-8-10-36-11-9-31/h2-7,12-14H,8-11H2,1H3,(H2,29,30,33,38). The number of nitro benzene ring substituents is 1. The summed E-state index contributed by atoms with van der Waals surface area (Å²) in [6, 6.07) is 15.0. The number of carbonyl (C=O) groups excluding carboxylic acids is 1. The van der Waals surface area contributed by atoms with E-state index in [2.05, 4.69) is 15.6 Å². The number of nitrogens with zero attached hydrogens (tertiary/aromatic N) is 3. The number of morpholine rings is 1. The van der Waals surface area contributed by atoms with Gasteiger partial charge in [-0.15, -0.1) is 0 Å². The zero-order valence-corrected chi connectivity index (χ0v) is 21.8. The number of halogens is 1. The minimum Gasteiger partial charge on any atom is -0.436 e. The molecule has 0 unspecified atom stereocenters. The van der Waals surface area contributed by atoms with Gasteiger partial charge in [0.25, 0.3) is 11.6 Å². The number of carbonyl (C=O) groups is 1. The number of hydrogen-bond acceptors (Lipinski definition) is 8. The molecule has 2 N–H and O–H groups in total. The normalized spacial score (nSPS) is 13.4. The molecule has 1 saturated heterocycles. The zero-order chi connectivity index (χ0) is 26.8. The molecule has 1 aliphatic heterocycles. The summed E-state index contributed by atoms with van der Waals surface area (Å²) >= 11 is 11.5. The molecule has 0 aliphatic carbocycles. The van der Waals surface area contributed by atoms with Crippen LogP contribution in [0.3, 0.4) is 0 Å². The molecular weight excluding hydrogens is 530 g/mol. The van der Waals surface area contributed by atoms with Gasteiger partial charge in [-0.05, 0) is 61.1 Å². The maximum atomic E-state index is 13.2. The Morgan fingerprint density at radius 3 is 2.68 bits per heavy atom. The minimum atomic E-state index is -0.558. The van der Waals surface area contributed by atoms with Gasteiger partial charge in [-0.25, -0.2) is 4.98 Å². The number of oxazole rings is 1. The first-order valence-corrected chi connectivity index (χ1v) is 12.5. The van der Waals surface area contributed by atoms with Crippen molar-refractivity contribution in [3.63, 3.8) is 0 Å². The Kier molecular flexibility index (Phi) is 7.23. The van der Waals surface area contributed by atoms with Crippen LogP contribution < -0.4 is 15.5 Å². The Balaban J connectivity index is 1.36. The Morgan fingerprint density at radius 1 is 1.13 bits per heavy atom. The highest BCUT2D eigenvalue weighted by atomic mass is 35.5. The third-order valence-electron chi connectivity index (χ3n) is 6.10. The van der Waals surface area contributed by atoms with E-state index in [-0.39, 0.29) is 16.4 Å². The van der Waals surface area contributed by atoms with Crippen LogP contribution >= 0.6 is 23.8 Å². The number of aryl methyl sites for hydroxylation is 1. The highest BCUT2D eigenvalue weighted by Gasteiger charge is 2.23. The number of aromatic nitrogens is 1. The van der Waals surface area contributed by atoms with E-state index in [9.17, 15) is 14.9 Å². The fourth-order valence-electron chi connectivity index (χ4n) is 4.14. The number of nitrogens with one attached hydrogen (secondary N) is 2. The van der Waals surface area contributed by atoms with E-state index in [4.69, 9.17) is 33.0 Å². The minimum absolute atomic E-state index is 0.0408. The lowest BCUT2D eigenvalue weighted by Crippen LogP contribution is -2.39. The van der Waals surface area contributed by atoms with E-state index in [0.717, 1.165) is 5.56 Å². The molecule has 5 rings (SSSR count). The number of thiocarbonyl (C=S) groups is 1. The smallest absolute Gasteiger partial charge is 0.270 e. The molecule has 1 fully saturated rings. The Bertz CT molecular complexity index is 1570. The summed E-state index contributed by atoms with van der Waals surface area (Å²) in [5, 5.41) is 17.7. The summed E-state index contributed by atoms with van der Waals surface area (Å²) in [7, 11) is 0. The van der Waals surface area contributed by atoms with Crippen molar-refractivity contribution in [1.29, 1.82) is 0 Å². The third kappa shape index (κ3) is 5.44. The molecule has 1 aromatic heterocycles. The van der Waals surface area contributed by atoms with Crippen LogP contribution in [0.5, 0.6) is 0 Å². The Labute approximate surface area is 227 Å². The van der Waals surface area contributed by atoms with Crippen molar-refractivity contribution < 1.29 is 18.9 Å². The van der Waals surface area contributed by atoms with Gasteiger partial charge in [0.05, 0.1) is 29.4 Å². The van der Waals surface area contributed by atoms with E-state index in [1.54, 1.807) is 24.3 Å². The lowest BCUT2D eigenvalue weighted by atomic mass is 10.1. The maximum Gasteiger partial charge on any atom is 0.270 e. The average molecular weight is 552 g/mol. The van der Waals surface area contributed by atoms with Gasteiger partial charge in [0.1, 0.15) is 5.52 Å². The van der Waals surface area contributed by atoms with Crippen LogP contribution in [-0.4, -0.2) is 47.2 Å². The largest absolute Gasteiger partial charge is 0.436 e. The molecule has 0 bridgehead atoms. The van der Waals surface area contributed by atoms with Crippen molar-refractivity contribution in [3.05, 3.63) is 80.9 Å². The Morgan fingerprint density at radius 2 is 1.92 bits per heavy atom. The first-order valence-electron chi connectivity index (χ1n) is 11.7. The summed E-state index contributed by atoms with van der Waals surface area (Å²) in [5.74, 6) is -0.149. The second-order valence-electron chi connectivity index (χ2n) is 8.63. The summed E-state index contributed by atoms with van der Waals surface area (Å²) in [6.07, 6.45) is 0. The van der Waals surface area contributed by atoms with Crippen LogP contribution in [0.4, 0.5) is 17.1 Å². The number of nitro groups is 1. The molecule has 38 heavy (non-hydrogen) atoms. The molecule has 1 amide bonds. The molecule has 0 spiro atoms. The Hall–Kier alpha value is -4.06. The lowest BCUT2D eigenvalue weighted by molar-refractivity contribution is -0.384. The van der Waals surface area contributed by atoms with E-state index < -0.39 is 10.8 Å². The number of hydrogen-bond donors (Lipinski definition) is 2. The number of amides is 1. The van der Waals surface area contributed by atoms with Crippen molar-refractivity contribution in [2.24, 2.45) is 0 Å². The molecule has 3 aromatic carbocycles. The fourth-order valence-corrected chi connectivity index (χ4v) is 4.51. The van der Waals surface area contributed by atoms with Crippen LogP contribution in [0.1, 0.15) is 15.9 Å². The van der Waals surface area contributed by atoms with Gasteiger partial charge in [-0.2, -0.15) is 0 Å². The van der Waals surface area contributed by atoms with Crippen molar-refractivity contribution >= 4 is 63.0 Å². The second kappa shape index (κ2) is 10.7. The molecule has 12 heteroatoms. The molecular formula is C26H22ClN5O5S. The molecule has 10 nitrogen and oxygen atoms in total. The van der Waals surface area contributed by atoms with Crippen LogP contribution in [0, 0.1) is 17.0 Å². The predicted molar refractivity (Wildman–Crippen MR) is 149 cm³/mol. The van der Waals surface area contributed by atoms with E-state index in [0.29, 0.717) is 65.3 Å². The number of ether oxygens (including phenoxy) is 1. The number of anilines is 2. The van der Waals surface area contributed by atoms with Gasteiger partial charge in [0.15, 0.2) is 10.7 Å². The van der Waals surface area contributed by atoms with Gasteiger partial charge >= 0.3 is 0 Å². The van der Waals surface area contributed by atoms with Gasteiger partial charge in [-0.1, -0.05) is 17.7 Å². The van der Waals surface area contributed by atoms with Gasteiger partial charge < -0.3 is 19.4 Å². The SMILES string of the molecule is Cc1ccc(-c2nc3cc(Cl)ccc3o2)cc1NC(=S)NC(=O)c1cc([N+](=O)[O-])ccc1N1CCOCC1. The second-order valence-corrected chi connectivity index (χ2v) is 9.47. The summed E-state index contributed by atoms with van der Waals surface area (Å²) in [6.45, 7) is 4.02. The van der Waals surface area contributed by atoms with Crippen molar-refractivity contribution in [2.45, 2.75) is 6.92 Å². The van der Waals surface area contributed by atoms with Crippen molar-refractivity contribution in [2.75, 3.05) is 36.5 Å². The number of rotatable bonds is 5. The first kappa shape index (κ1) is 25.6.